The van der Waals surface area contributed by atoms with Crippen LogP contribution in [-0.2, 0) is 12.7 Å². The molecule has 3 N–H and O–H groups in total. The first-order chi connectivity index (χ1) is 16.8. The average molecular weight is 485 g/mol. The van der Waals surface area contributed by atoms with E-state index in [2.05, 4.69) is 35.8 Å². The summed E-state index contributed by atoms with van der Waals surface area (Å²) in [5.41, 5.74) is 7.83. The van der Waals surface area contributed by atoms with Gasteiger partial charge < -0.3 is 10.6 Å². The molecule has 14 heteroatoms. The predicted octanol–water partition coefficient (Wildman–Crippen LogP) is 2.65. The van der Waals surface area contributed by atoms with Gasteiger partial charge >= 0.3 is 6.18 Å². The Balaban J connectivity index is 1.62. The van der Waals surface area contributed by atoms with Crippen molar-refractivity contribution < 1.29 is 22.6 Å². The maximum absolute atomic E-state index is 13.2. The molecule has 0 aliphatic rings. The lowest BCUT2D eigenvalue weighted by molar-refractivity contribution is -0.137. The molecule has 1 amide bonds. The summed E-state index contributed by atoms with van der Waals surface area (Å²) in [4.78, 5) is 14.7. The summed E-state index contributed by atoms with van der Waals surface area (Å²) in [6, 6.07) is 14.1. The van der Waals surface area contributed by atoms with E-state index in [1.165, 1.54) is 22.9 Å². The fourth-order valence-corrected chi connectivity index (χ4v) is 3.21. The van der Waals surface area contributed by atoms with Gasteiger partial charge in [-0.3, -0.25) is 4.79 Å². The van der Waals surface area contributed by atoms with Crippen LogP contribution >= 0.6 is 0 Å². The van der Waals surface area contributed by atoms with Gasteiger partial charge in [-0.2, -0.15) is 23.0 Å². The van der Waals surface area contributed by atoms with Crippen LogP contribution in [0.15, 0.2) is 64.3 Å². The van der Waals surface area contributed by atoms with Crippen molar-refractivity contribution in [3.63, 3.8) is 0 Å². The molecule has 11 nitrogen and oxygen atoms in total. The lowest BCUT2D eigenvalue weighted by Gasteiger charge is -2.19. The number of aromatic nitrogens is 5. The number of hydrogen-bond acceptors (Lipinski definition) is 9. The summed E-state index contributed by atoms with van der Waals surface area (Å²) < 4.78 is 45.4. The molecule has 0 radical (unpaired) electrons. The third kappa shape index (κ3) is 5.10. The topological polar surface area (TPSA) is 140 Å². The highest BCUT2D eigenvalue weighted by molar-refractivity contribution is 5.94. The normalized spacial score (nSPS) is 11.7. The van der Waals surface area contributed by atoms with E-state index in [1.54, 1.807) is 7.05 Å². The van der Waals surface area contributed by atoms with Crippen LogP contribution in [0.5, 0.6) is 0 Å². The second-order valence-electron chi connectivity index (χ2n) is 7.25. The Hall–Kier alpha value is -4.75. The van der Waals surface area contributed by atoms with E-state index in [-0.39, 0.29) is 35.1 Å². The Kier molecular flexibility index (Phi) is 6.44. The Morgan fingerprint density at radius 3 is 2.57 bits per heavy atom. The molecule has 2 aromatic carbocycles. The summed E-state index contributed by atoms with van der Waals surface area (Å²) in [7, 11) is 1.78. The molecule has 0 aliphatic carbocycles. The predicted molar refractivity (Wildman–Crippen MR) is 119 cm³/mol. The second-order valence-corrected chi connectivity index (χ2v) is 7.25. The molecule has 35 heavy (non-hydrogen) atoms. The molecule has 0 aliphatic heterocycles. The molecule has 2 aromatic heterocycles. The summed E-state index contributed by atoms with van der Waals surface area (Å²) in [6.07, 6.45) is -3.67. The zero-order chi connectivity index (χ0) is 25.0. The van der Waals surface area contributed by atoms with Gasteiger partial charge in [-0.05, 0) is 28.5 Å². The number of hydrogen-bond donors (Lipinski definition) is 2. The van der Waals surface area contributed by atoms with Gasteiger partial charge in [0.25, 0.3) is 5.91 Å². The highest BCUT2D eigenvalue weighted by Crippen LogP contribution is 2.31. The number of carbonyl (C=O) groups excluding carboxylic acids is 1. The van der Waals surface area contributed by atoms with Crippen LogP contribution in [0.1, 0.15) is 27.3 Å². The molecule has 2 heterocycles. The van der Waals surface area contributed by atoms with Gasteiger partial charge in [-0.25, -0.2) is 10.1 Å². The number of nitrogens with two attached hydrogens (primary N) is 1. The third-order valence-electron chi connectivity index (χ3n) is 4.89. The number of alkyl halides is 3. The highest BCUT2D eigenvalue weighted by atomic mass is 19.4. The van der Waals surface area contributed by atoms with Crippen LogP contribution in [0.4, 0.5) is 24.7 Å². The Bertz CT molecular complexity index is 1350. The van der Waals surface area contributed by atoms with Crippen LogP contribution < -0.4 is 16.1 Å². The zero-order valence-electron chi connectivity index (χ0n) is 18.1. The minimum absolute atomic E-state index is 0.0237. The van der Waals surface area contributed by atoms with Crippen LogP contribution in [0, 0.1) is 0 Å². The van der Waals surface area contributed by atoms with Gasteiger partial charge in [0.05, 0.1) is 24.0 Å². The highest BCUT2D eigenvalue weighted by Gasteiger charge is 2.32. The summed E-state index contributed by atoms with van der Waals surface area (Å²) in [6.45, 7) is 0.132. The molecule has 0 bridgehead atoms. The number of amides is 1. The largest absolute Gasteiger partial charge is 0.417 e. The van der Waals surface area contributed by atoms with E-state index in [0.717, 1.165) is 18.0 Å². The Labute approximate surface area is 196 Å². The van der Waals surface area contributed by atoms with Crippen LogP contribution in [0.25, 0.3) is 5.82 Å². The fourth-order valence-electron chi connectivity index (χ4n) is 3.21. The van der Waals surface area contributed by atoms with Crippen molar-refractivity contribution in [2.45, 2.75) is 12.7 Å². The standard InChI is InChI=1S/C21H18F3N9O2/c1-32(14-8-3-2-4-9-14)12-16-17(27-31-33(16)19-18(25)29-35-30-19)20(34)28-26-11-13-7-5-6-10-15(13)21(22,23)24/h2-11H,12H2,1H3,(H2,25,29)(H,28,34). The lowest BCUT2D eigenvalue weighted by atomic mass is 10.1. The molecule has 4 aromatic rings. The maximum Gasteiger partial charge on any atom is 0.417 e. The van der Waals surface area contributed by atoms with Gasteiger partial charge in [-0.15, -0.1) is 5.10 Å². The molecule has 0 saturated heterocycles. The summed E-state index contributed by atoms with van der Waals surface area (Å²) >= 11 is 0. The SMILES string of the molecule is CN(Cc1c(C(=O)NN=Cc2ccccc2C(F)(F)F)nnn1-c1nonc1N)c1ccccc1. The molecule has 0 atom stereocenters. The second kappa shape index (κ2) is 9.62. The monoisotopic (exact) mass is 485 g/mol. The zero-order valence-corrected chi connectivity index (χ0v) is 18.1. The van der Waals surface area contributed by atoms with Gasteiger partial charge in [0.2, 0.25) is 11.6 Å². The number of carbonyl (C=O) groups is 1. The number of nitrogens with zero attached hydrogens (tertiary/aromatic N) is 7. The van der Waals surface area contributed by atoms with Crippen molar-refractivity contribution in [3.8, 4) is 5.82 Å². The summed E-state index contributed by atoms with van der Waals surface area (Å²) in [5.74, 6) is -0.855. The number of nitrogens with one attached hydrogen (secondary N) is 1. The maximum atomic E-state index is 13.2. The molecule has 4 rings (SSSR count). The van der Waals surface area contributed by atoms with Crippen molar-refractivity contribution in [2.24, 2.45) is 5.10 Å². The van der Waals surface area contributed by atoms with Gasteiger partial charge in [0.15, 0.2) is 5.69 Å². The van der Waals surface area contributed by atoms with E-state index < -0.39 is 17.6 Å². The number of halogens is 3. The molecular formula is C21H18F3N9O2. The van der Waals surface area contributed by atoms with Gasteiger partial charge in [0.1, 0.15) is 0 Å². The number of hydrazone groups is 1. The van der Waals surface area contributed by atoms with E-state index in [4.69, 9.17) is 5.73 Å². The Morgan fingerprint density at radius 1 is 1.17 bits per heavy atom. The fraction of sp³-hybridized carbons (Fsp3) is 0.143. The summed E-state index contributed by atoms with van der Waals surface area (Å²) in [5, 5.41) is 18.7. The number of anilines is 2. The lowest BCUT2D eigenvalue weighted by Crippen LogP contribution is -2.25. The number of rotatable bonds is 7. The molecule has 180 valence electrons. The molecule has 0 spiro atoms. The third-order valence-corrected chi connectivity index (χ3v) is 4.89. The van der Waals surface area contributed by atoms with Crippen LogP contribution in [-0.4, -0.2) is 44.5 Å². The molecule has 0 fully saturated rings. The molecule has 0 unspecified atom stereocenters. The van der Waals surface area contributed by atoms with E-state index >= 15 is 0 Å². The van der Waals surface area contributed by atoms with E-state index in [9.17, 15) is 18.0 Å². The van der Waals surface area contributed by atoms with Gasteiger partial charge in [0, 0.05) is 18.3 Å². The number of benzene rings is 2. The van der Waals surface area contributed by atoms with Crippen molar-refractivity contribution in [1.29, 1.82) is 0 Å². The number of nitrogen functional groups attached to an aromatic ring is 1. The van der Waals surface area contributed by atoms with Gasteiger partial charge in [-0.1, -0.05) is 41.6 Å². The first-order valence-electron chi connectivity index (χ1n) is 10.0. The van der Waals surface area contributed by atoms with E-state index in [0.29, 0.717) is 0 Å². The van der Waals surface area contributed by atoms with E-state index in [1.807, 2.05) is 35.2 Å². The van der Waals surface area contributed by atoms with Crippen molar-refractivity contribution in [3.05, 3.63) is 77.1 Å². The van der Waals surface area contributed by atoms with Crippen LogP contribution in [0.3, 0.4) is 0 Å². The minimum Gasteiger partial charge on any atom is -0.378 e. The van der Waals surface area contributed by atoms with Crippen molar-refractivity contribution in [2.75, 3.05) is 17.7 Å². The minimum atomic E-state index is -4.57. The average Bonchev–Trinajstić information content (AvgIpc) is 3.44. The van der Waals surface area contributed by atoms with Crippen LogP contribution in [0.2, 0.25) is 0 Å². The van der Waals surface area contributed by atoms with Crippen molar-refractivity contribution >= 4 is 23.6 Å². The first-order valence-corrected chi connectivity index (χ1v) is 10.0. The first kappa shape index (κ1) is 23.4. The smallest absolute Gasteiger partial charge is 0.378 e. The molecule has 0 saturated carbocycles. The van der Waals surface area contributed by atoms with Crippen molar-refractivity contribution in [1.82, 2.24) is 30.7 Å². The number of para-hydroxylation sites is 1. The Morgan fingerprint density at radius 2 is 1.89 bits per heavy atom. The quantitative estimate of drug-likeness (QED) is 0.301. The molecular weight excluding hydrogens is 467 g/mol.